The lowest BCUT2D eigenvalue weighted by molar-refractivity contribution is -0.108. The van der Waals surface area contributed by atoms with E-state index in [2.05, 4.69) is 30.6 Å². The first-order chi connectivity index (χ1) is 7.28. The number of rotatable bonds is 10. The molecule has 3 nitrogen and oxygen atoms in total. The maximum Gasteiger partial charge on any atom is 0.121 e. The third-order valence-corrected chi connectivity index (χ3v) is 2.85. The molecule has 15 heavy (non-hydrogen) atoms. The molecule has 0 bridgehead atoms. The van der Waals surface area contributed by atoms with Crippen LogP contribution in [-0.4, -0.2) is 55.4 Å². The number of aldehydes is 1. The predicted molar refractivity (Wildman–Crippen MR) is 65.2 cm³/mol. The summed E-state index contributed by atoms with van der Waals surface area (Å²) < 4.78 is 0. The molecule has 0 aromatic carbocycles. The smallest absolute Gasteiger partial charge is 0.121 e. The topological polar surface area (TPSA) is 23.6 Å². The highest BCUT2D eigenvalue weighted by atomic mass is 16.1. The normalized spacial score (nSPS) is 11.3. The summed E-state index contributed by atoms with van der Waals surface area (Å²) in [4.78, 5) is 15.0. The Balaban J connectivity index is 3.56. The first kappa shape index (κ1) is 14.6. The summed E-state index contributed by atoms with van der Waals surface area (Å²) in [7, 11) is 0. The van der Waals surface area contributed by atoms with Crippen LogP contribution >= 0.6 is 0 Å². The van der Waals surface area contributed by atoms with Crippen LogP contribution in [0.15, 0.2) is 0 Å². The standard InChI is InChI=1S/C12H26N2O/c1-4-13(5-2)9-7-10-14(6-3)11-8-12-15/h12H,4-11H2,1-3H3. The van der Waals surface area contributed by atoms with Crippen molar-refractivity contribution in [1.29, 1.82) is 0 Å². The van der Waals surface area contributed by atoms with Gasteiger partial charge in [0.2, 0.25) is 0 Å². The second-order valence-electron chi connectivity index (χ2n) is 3.77. The minimum absolute atomic E-state index is 0.666. The Morgan fingerprint density at radius 1 is 0.867 bits per heavy atom. The van der Waals surface area contributed by atoms with Crippen molar-refractivity contribution in [1.82, 2.24) is 9.80 Å². The van der Waals surface area contributed by atoms with Crippen molar-refractivity contribution in [3.05, 3.63) is 0 Å². The Hall–Kier alpha value is -0.410. The molecule has 0 aliphatic heterocycles. The average molecular weight is 214 g/mol. The van der Waals surface area contributed by atoms with Gasteiger partial charge in [-0.1, -0.05) is 20.8 Å². The van der Waals surface area contributed by atoms with Gasteiger partial charge in [0.25, 0.3) is 0 Å². The molecule has 0 atom stereocenters. The monoisotopic (exact) mass is 214 g/mol. The van der Waals surface area contributed by atoms with Crippen molar-refractivity contribution < 1.29 is 4.79 Å². The molecule has 0 unspecified atom stereocenters. The van der Waals surface area contributed by atoms with Crippen molar-refractivity contribution in [2.75, 3.05) is 39.3 Å². The molecule has 0 spiro atoms. The van der Waals surface area contributed by atoms with Crippen LogP contribution in [0.3, 0.4) is 0 Å². The van der Waals surface area contributed by atoms with Crippen LogP contribution in [0.25, 0.3) is 0 Å². The molecule has 0 saturated heterocycles. The number of hydrogen-bond donors (Lipinski definition) is 0. The summed E-state index contributed by atoms with van der Waals surface area (Å²) in [6.07, 6.45) is 2.88. The van der Waals surface area contributed by atoms with Crippen molar-refractivity contribution in [2.24, 2.45) is 0 Å². The van der Waals surface area contributed by atoms with Crippen LogP contribution < -0.4 is 0 Å². The van der Waals surface area contributed by atoms with Crippen LogP contribution in [0.4, 0.5) is 0 Å². The predicted octanol–water partition coefficient (Wildman–Crippen LogP) is 1.63. The van der Waals surface area contributed by atoms with Gasteiger partial charge in [-0.25, -0.2) is 0 Å². The summed E-state index contributed by atoms with van der Waals surface area (Å²) in [5.41, 5.74) is 0. The Morgan fingerprint density at radius 2 is 1.40 bits per heavy atom. The van der Waals surface area contributed by atoms with Crippen molar-refractivity contribution in [3.8, 4) is 0 Å². The number of nitrogens with zero attached hydrogens (tertiary/aromatic N) is 2. The van der Waals surface area contributed by atoms with Crippen LogP contribution in [0.1, 0.15) is 33.6 Å². The van der Waals surface area contributed by atoms with E-state index in [0.29, 0.717) is 6.42 Å². The number of carbonyl (C=O) groups excluding carboxylic acids is 1. The summed E-state index contributed by atoms with van der Waals surface area (Å²) in [6.45, 7) is 13.1. The molecule has 0 aliphatic rings. The zero-order valence-corrected chi connectivity index (χ0v) is 10.5. The number of hydrogen-bond acceptors (Lipinski definition) is 3. The Kier molecular flexibility index (Phi) is 9.84. The largest absolute Gasteiger partial charge is 0.304 e. The lowest BCUT2D eigenvalue weighted by atomic mass is 10.3. The molecule has 0 rings (SSSR count). The molecule has 0 aromatic heterocycles. The third kappa shape index (κ3) is 7.51. The van der Waals surface area contributed by atoms with Crippen molar-refractivity contribution in [2.45, 2.75) is 33.6 Å². The average Bonchev–Trinajstić information content (AvgIpc) is 2.28. The quantitative estimate of drug-likeness (QED) is 0.516. The van der Waals surface area contributed by atoms with E-state index in [1.54, 1.807) is 0 Å². The SMILES string of the molecule is CCN(CC)CCCN(CC)CCC=O. The summed E-state index contributed by atoms with van der Waals surface area (Å²) in [5.74, 6) is 0. The number of carbonyl (C=O) groups is 1. The van der Waals surface area contributed by atoms with Gasteiger partial charge in [-0.15, -0.1) is 0 Å². The van der Waals surface area contributed by atoms with Gasteiger partial charge in [-0.05, 0) is 39.1 Å². The van der Waals surface area contributed by atoms with E-state index in [-0.39, 0.29) is 0 Å². The zero-order valence-electron chi connectivity index (χ0n) is 10.5. The molecule has 0 amide bonds. The van der Waals surface area contributed by atoms with Crippen molar-refractivity contribution >= 4 is 6.29 Å². The van der Waals surface area contributed by atoms with Gasteiger partial charge in [0.05, 0.1) is 0 Å². The summed E-state index contributed by atoms with van der Waals surface area (Å²) in [6, 6.07) is 0. The fraction of sp³-hybridized carbons (Fsp3) is 0.917. The van der Waals surface area contributed by atoms with Gasteiger partial charge in [0.15, 0.2) is 0 Å². The van der Waals surface area contributed by atoms with Crippen LogP contribution in [0.2, 0.25) is 0 Å². The second-order valence-corrected chi connectivity index (χ2v) is 3.77. The maximum absolute atomic E-state index is 10.3. The minimum Gasteiger partial charge on any atom is -0.304 e. The van der Waals surface area contributed by atoms with Gasteiger partial charge in [-0.2, -0.15) is 0 Å². The minimum atomic E-state index is 0.666. The fourth-order valence-electron chi connectivity index (χ4n) is 1.72. The van der Waals surface area contributed by atoms with E-state index < -0.39 is 0 Å². The lowest BCUT2D eigenvalue weighted by Gasteiger charge is -2.22. The van der Waals surface area contributed by atoms with E-state index in [1.807, 2.05) is 0 Å². The van der Waals surface area contributed by atoms with Crippen LogP contribution in [-0.2, 0) is 4.79 Å². The molecule has 0 saturated carbocycles. The molecule has 0 aromatic rings. The molecule has 0 aliphatic carbocycles. The second kappa shape index (κ2) is 10.1. The highest BCUT2D eigenvalue weighted by Crippen LogP contribution is 1.96. The van der Waals surface area contributed by atoms with E-state index in [1.165, 1.54) is 13.0 Å². The summed E-state index contributed by atoms with van der Waals surface area (Å²) >= 11 is 0. The molecule has 3 heteroatoms. The first-order valence-electron chi connectivity index (χ1n) is 6.16. The molecule has 0 N–H and O–H groups in total. The van der Waals surface area contributed by atoms with E-state index >= 15 is 0 Å². The van der Waals surface area contributed by atoms with Gasteiger partial charge < -0.3 is 14.6 Å². The Labute approximate surface area is 94.4 Å². The zero-order chi connectivity index (χ0) is 11.5. The molecule has 0 heterocycles. The molecular weight excluding hydrogens is 188 g/mol. The third-order valence-electron chi connectivity index (χ3n) is 2.85. The van der Waals surface area contributed by atoms with Crippen LogP contribution in [0.5, 0.6) is 0 Å². The lowest BCUT2D eigenvalue weighted by Crippen LogP contribution is -2.30. The van der Waals surface area contributed by atoms with Gasteiger partial charge >= 0.3 is 0 Å². The van der Waals surface area contributed by atoms with Crippen LogP contribution in [0, 0.1) is 0 Å². The first-order valence-corrected chi connectivity index (χ1v) is 6.16. The van der Waals surface area contributed by atoms with E-state index in [0.717, 1.165) is 39.0 Å². The summed E-state index contributed by atoms with van der Waals surface area (Å²) in [5, 5.41) is 0. The molecule has 0 radical (unpaired) electrons. The van der Waals surface area contributed by atoms with E-state index in [4.69, 9.17) is 0 Å². The van der Waals surface area contributed by atoms with Gasteiger partial charge in [0, 0.05) is 13.0 Å². The van der Waals surface area contributed by atoms with Crippen molar-refractivity contribution in [3.63, 3.8) is 0 Å². The van der Waals surface area contributed by atoms with Gasteiger partial charge in [0.1, 0.15) is 6.29 Å². The Bertz CT molecular complexity index is 147. The van der Waals surface area contributed by atoms with E-state index in [9.17, 15) is 4.79 Å². The maximum atomic E-state index is 10.3. The Morgan fingerprint density at radius 3 is 1.87 bits per heavy atom. The highest BCUT2D eigenvalue weighted by Gasteiger charge is 2.03. The highest BCUT2D eigenvalue weighted by molar-refractivity contribution is 5.49. The molecule has 0 fully saturated rings. The van der Waals surface area contributed by atoms with Gasteiger partial charge in [-0.3, -0.25) is 0 Å². The fourth-order valence-corrected chi connectivity index (χ4v) is 1.72. The molecule has 90 valence electrons. The molecular formula is C12H26N2O.